The molecule has 7 heteroatoms. The standard InChI is InChI=1S/C20H26BrN3O3/c1-12-8-19(3,4)11-20(9-12)17(26)24(18(27)23-20)10-16(25)22-15-6-5-14(21)7-13(15)2/h5-7,12H,8-11H2,1-4H3,(H,22,25)(H,23,27). The number of halogens is 1. The number of anilines is 1. The van der Waals surface area contributed by atoms with Crippen LogP contribution >= 0.6 is 15.9 Å². The number of urea groups is 1. The molecule has 1 aromatic rings. The molecule has 1 saturated heterocycles. The van der Waals surface area contributed by atoms with Crippen molar-refractivity contribution in [3.05, 3.63) is 28.2 Å². The molecule has 2 aliphatic rings. The summed E-state index contributed by atoms with van der Waals surface area (Å²) in [5.41, 5.74) is 0.645. The average Bonchev–Trinajstić information content (AvgIpc) is 2.72. The maximum atomic E-state index is 13.1. The van der Waals surface area contributed by atoms with Crippen molar-refractivity contribution in [3.63, 3.8) is 0 Å². The minimum atomic E-state index is -0.883. The Balaban J connectivity index is 1.73. The van der Waals surface area contributed by atoms with Crippen molar-refractivity contribution in [3.8, 4) is 0 Å². The lowest BCUT2D eigenvalue weighted by atomic mass is 9.64. The zero-order valence-electron chi connectivity index (χ0n) is 16.2. The predicted octanol–water partition coefficient (Wildman–Crippen LogP) is 3.83. The fraction of sp³-hybridized carbons (Fsp3) is 0.550. The van der Waals surface area contributed by atoms with Gasteiger partial charge in [-0.15, -0.1) is 0 Å². The molecule has 2 unspecified atom stereocenters. The molecule has 3 rings (SSSR count). The summed E-state index contributed by atoms with van der Waals surface area (Å²) in [5, 5.41) is 5.68. The molecule has 146 valence electrons. The van der Waals surface area contributed by atoms with Crippen LogP contribution in [-0.2, 0) is 9.59 Å². The van der Waals surface area contributed by atoms with Crippen molar-refractivity contribution in [2.75, 3.05) is 11.9 Å². The van der Waals surface area contributed by atoms with E-state index in [4.69, 9.17) is 0 Å². The molecular weight excluding hydrogens is 410 g/mol. The molecule has 27 heavy (non-hydrogen) atoms. The van der Waals surface area contributed by atoms with E-state index in [0.717, 1.165) is 21.4 Å². The van der Waals surface area contributed by atoms with Gasteiger partial charge in [0, 0.05) is 10.2 Å². The highest BCUT2D eigenvalue weighted by molar-refractivity contribution is 9.10. The van der Waals surface area contributed by atoms with Gasteiger partial charge in [-0.3, -0.25) is 14.5 Å². The third kappa shape index (κ3) is 4.03. The van der Waals surface area contributed by atoms with Gasteiger partial charge in [-0.05, 0) is 61.3 Å². The smallest absolute Gasteiger partial charge is 0.324 e. The summed E-state index contributed by atoms with van der Waals surface area (Å²) >= 11 is 3.39. The second-order valence-electron chi connectivity index (χ2n) is 8.77. The van der Waals surface area contributed by atoms with Crippen LogP contribution in [-0.4, -0.2) is 34.8 Å². The van der Waals surface area contributed by atoms with E-state index in [9.17, 15) is 14.4 Å². The Morgan fingerprint density at radius 2 is 2.04 bits per heavy atom. The summed E-state index contributed by atoms with van der Waals surface area (Å²) < 4.78 is 0.920. The molecule has 1 aromatic carbocycles. The number of hydrogen-bond donors (Lipinski definition) is 2. The summed E-state index contributed by atoms with van der Waals surface area (Å²) in [6, 6.07) is 5.03. The number of hydrogen-bond acceptors (Lipinski definition) is 3. The first-order valence-electron chi connectivity index (χ1n) is 9.21. The Hall–Kier alpha value is -1.89. The molecule has 4 amide bonds. The average molecular weight is 436 g/mol. The van der Waals surface area contributed by atoms with Crippen LogP contribution in [0.3, 0.4) is 0 Å². The molecule has 1 aliphatic heterocycles. The van der Waals surface area contributed by atoms with Crippen molar-refractivity contribution in [1.29, 1.82) is 0 Å². The third-order valence-electron chi connectivity index (χ3n) is 5.39. The molecule has 6 nitrogen and oxygen atoms in total. The van der Waals surface area contributed by atoms with E-state index in [-0.39, 0.29) is 23.8 Å². The van der Waals surface area contributed by atoms with E-state index >= 15 is 0 Å². The molecule has 1 heterocycles. The van der Waals surface area contributed by atoms with Crippen LogP contribution in [0.4, 0.5) is 10.5 Å². The molecule has 1 aliphatic carbocycles. The number of imide groups is 1. The van der Waals surface area contributed by atoms with Crippen LogP contribution in [0.15, 0.2) is 22.7 Å². The monoisotopic (exact) mass is 435 g/mol. The quantitative estimate of drug-likeness (QED) is 0.707. The molecular formula is C20H26BrN3O3. The van der Waals surface area contributed by atoms with Gasteiger partial charge in [0.05, 0.1) is 0 Å². The first kappa shape index (κ1) is 19.9. The Morgan fingerprint density at radius 3 is 2.67 bits per heavy atom. The highest BCUT2D eigenvalue weighted by Crippen LogP contribution is 2.46. The molecule has 0 aromatic heterocycles. The fourth-order valence-electron chi connectivity index (χ4n) is 4.75. The van der Waals surface area contributed by atoms with Gasteiger partial charge in [0.25, 0.3) is 5.91 Å². The Kier molecular flexibility index (Phi) is 5.10. The van der Waals surface area contributed by atoms with Gasteiger partial charge < -0.3 is 10.6 Å². The minimum Gasteiger partial charge on any atom is -0.324 e. The van der Waals surface area contributed by atoms with Gasteiger partial charge in [-0.25, -0.2) is 4.79 Å². The highest BCUT2D eigenvalue weighted by atomic mass is 79.9. The minimum absolute atomic E-state index is 0.0343. The van der Waals surface area contributed by atoms with Crippen LogP contribution in [0.1, 0.15) is 45.6 Å². The number of amides is 4. The highest BCUT2D eigenvalue weighted by Gasteiger charge is 2.56. The van der Waals surface area contributed by atoms with E-state index < -0.39 is 11.6 Å². The van der Waals surface area contributed by atoms with Gasteiger partial charge in [0.15, 0.2) is 0 Å². The van der Waals surface area contributed by atoms with Crippen LogP contribution in [0.5, 0.6) is 0 Å². The molecule has 1 saturated carbocycles. The number of rotatable bonds is 3. The predicted molar refractivity (Wildman–Crippen MR) is 107 cm³/mol. The second kappa shape index (κ2) is 6.93. The van der Waals surface area contributed by atoms with Crippen molar-refractivity contribution in [2.45, 2.75) is 52.5 Å². The summed E-state index contributed by atoms with van der Waals surface area (Å²) in [6.07, 6.45) is 2.23. The molecule has 2 N–H and O–H groups in total. The van der Waals surface area contributed by atoms with Crippen molar-refractivity contribution < 1.29 is 14.4 Å². The summed E-state index contributed by atoms with van der Waals surface area (Å²) in [5.74, 6) is -0.337. The van der Waals surface area contributed by atoms with Gasteiger partial charge in [-0.2, -0.15) is 0 Å². The number of aryl methyl sites for hydroxylation is 1. The largest absolute Gasteiger partial charge is 0.325 e. The van der Waals surface area contributed by atoms with E-state index in [1.807, 2.05) is 19.1 Å². The van der Waals surface area contributed by atoms with Crippen molar-refractivity contribution in [2.24, 2.45) is 11.3 Å². The maximum absolute atomic E-state index is 13.1. The molecule has 2 fully saturated rings. The summed E-state index contributed by atoms with van der Waals surface area (Å²) in [6.45, 7) is 7.95. The van der Waals surface area contributed by atoms with Crippen molar-refractivity contribution >= 4 is 39.5 Å². The number of carbonyl (C=O) groups excluding carboxylic acids is 3. The summed E-state index contributed by atoms with van der Waals surface area (Å²) in [7, 11) is 0. The Labute approximate surface area is 168 Å². The number of benzene rings is 1. The van der Waals surface area contributed by atoms with E-state index in [1.165, 1.54) is 0 Å². The Morgan fingerprint density at radius 1 is 1.33 bits per heavy atom. The lowest BCUT2D eigenvalue weighted by molar-refractivity contribution is -0.136. The maximum Gasteiger partial charge on any atom is 0.325 e. The first-order valence-corrected chi connectivity index (χ1v) is 10.0. The number of nitrogens with one attached hydrogen (secondary N) is 2. The van der Waals surface area contributed by atoms with Crippen LogP contribution in [0.25, 0.3) is 0 Å². The zero-order valence-corrected chi connectivity index (χ0v) is 17.8. The fourth-order valence-corrected chi connectivity index (χ4v) is 5.23. The topological polar surface area (TPSA) is 78.5 Å². The van der Waals surface area contributed by atoms with Gasteiger partial charge in [0.1, 0.15) is 12.1 Å². The number of nitrogens with zero attached hydrogens (tertiary/aromatic N) is 1. The lowest BCUT2D eigenvalue weighted by Gasteiger charge is -2.43. The Bertz CT molecular complexity index is 808. The van der Waals surface area contributed by atoms with Gasteiger partial charge in [0.2, 0.25) is 5.91 Å². The molecule has 1 spiro atoms. The molecule has 0 bridgehead atoms. The lowest BCUT2D eigenvalue weighted by Crippen LogP contribution is -2.54. The normalized spacial score (nSPS) is 27.0. The van der Waals surface area contributed by atoms with E-state index in [2.05, 4.69) is 47.3 Å². The number of carbonyl (C=O) groups is 3. The molecule has 0 radical (unpaired) electrons. The van der Waals surface area contributed by atoms with Gasteiger partial charge in [-0.1, -0.05) is 36.7 Å². The SMILES string of the molecule is Cc1cc(Br)ccc1NC(=O)CN1C(=O)NC2(CC(C)CC(C)(C)C2)C1=O. The summed E-state index contributed by atoms with van der Waals surface area (Å²) in [4.78, 5) is 39.1. The third-order valence-corrected chi connectivity index (χ3v) is 5.88. The van der Waals surface area contributed by atoms with Crippen LogP contribution in [0, 0.1) is 18.3 Å². The van der Waals surface area contributed by atoms with Crippen LogP contribution < -0.4 is 10.6 Å². The van der Waals surface area contributed by atoms with E-state index in [0.29, 0.717) is 24.4 Å². The molecule has 2 atom stereocenters. The first-order chi connectivity index (χ1) is 12.5. The zero-order chi connectivity index (χ0) is 20.0. The van der Waals surface area contributed by atoms with Gasteiger partial charge >= 0.3 is 6.03 Å². The van der Waals surface area contributed by atoms with Crippen molar-refractivity contribution in [1.82, 2.24) is 10.2 Å². The second-order valence-corrected chi connectivity index (χ2v) is 9.68. The van der Waals surface area contributed by atoms with E-state index in [1.54, 1.807) is 6.07 Å². The van der Waals surface area contributed by atoms with Crippen LogP contribution in [0.2, 0.25) is 0 Å².